The van der Waals surface area contributed by atoms with E-state index in [0.717, 1.165) is 25.9 Å². The molecule has 0 radical (unpaired) electrons. The first-order valence-corrected chi connectivity index (χ1v) is 6.68. The van der Waals surface area contributed by atoms with Gasteiger partial charge >= 0.3 is 0 Å². The van der Waals surface area contributed by atoms with Gasteiger partial charge in [0.2, 0.25) is 11.8 Å². The number of carbonyl (C=O) groups is 2. The standard InChI is InChI=1S/C12H22N4O2/c13-4-3-12(18)16-7-5-15(6-8-16)9-11(17)14-10-1-2-10/h10H,1-9,13H2,(H,14,17). The highest BCUT2D eigenvalue weighted by molar-refractivity contribution is 5.79. The molecule has 6 nitrogen and oxygen atoms in total. The van der Waals surface area contributed by atoms with E-state index in [1.165, 1.54) is 0 Å². The van der Waals surface area contributed by atoms with Crippen LogP contribution in [0.25, 0.3) is 0 Å². The van der Waals surface area contributed by atoms with Crippen molar-refractivity contribution in [3.8, 4) is 0 Å². The Morgan fingerprint density at radius 3 is 2.39 bits per heavy atom. The molecule has 0 aromatic carbocycles. The van der Waals surface area contributed by atoms with Gasteiger partial charge in [0, 0.05) is 45.2 Å². The molecule has 0 aromatic rings. The zero-order valence-electron chi connectivity index (χ0n) is 10.7. The van der Waals surface area contributed by atoms with Crippen molar-refractivity contribution in [3.05, 3.63) is 0 Å². The van der Waals surface area contributed by atoms with Crippen LogP contribution in [-0.4, -0.2) is 66.9 Å². The van der Waals surface area contributed by atoms with Gasteiger partial charge in [-0.1, -0.05) is 0 Å². The van der Waals surface area contributed by atoms with Gasteiger partial charge < -0.3 is 16.0 Å². The number of hydrogen-bond donors (Lipinski definition) is 2. The number of rotatable bonds is 5. The molecule has 2 aliphatic rings. The van der Waals surface area contributed by atoms with Gasteiger partial charge in [-0.2, -0.15) is 0 Å². The second-order valence-corrected chi connectivity index (χ2v) is 5.04. The summed E-state index contributed by atoms with van der Waals surface area (Å²) < 4.78 is 0. The molecule has 1 aliphatic heterocycles. The lowest BCUT2D eigenvalue weighted by molar-refractivity contribution is -0.133. The van der Waals surface area contributed by atoms with E-state index in [2.05, 4.69) is 10.2 Å². The molecule has 2 amide bonds. The summed E-state index contributed by atoms with van der Waals surface area (Å²) in [6.45, 7) is 3.81. The van der Waals surface area contributed by atoms with Crippen LogP contribution in [0, 0.1) is 0 Å². The lowest BCUT2D eigenvalue weighted by Crippen LogP contribution is -2.51. The van der Waals surface area contributed by atoms with Crippen molar-refractivity contribution in [1.82, 2.24) is 15.1 Å². The van der Waals surface area contributed by atoms with E-state index in [0.29, 0.717) is 38.6 Å². The average Bonchev–Trinajstić information content (AvgIpc) is 3.14. The minimum atomic E-state index is 0.110. The second kappa shape index (κ2) is 6.15. The van der Waals surface area contributed by atoms with Crippen molar-refractivity contribution < 1.29 is 9.59 Å². The molecule has 0 spiro atoms. The highest BCUT2D eigenvalue weighted by atomic mass is 16.2. The zero-order chi connectivity index (χ0) is 13.0. The van der Waals surface area contributed by atoms with E-state index in [-0.39, 0.29) is 11.8 Å². The van der Waals surface area contributed by atoms with Crippen molar-refractivity contribution in [2.75, 3.05) is 39.3 Å². The Morgan fingerprint density at radius 2 is 1.83 bits per heavy atom. The molecule has 0 aromatic heterocycles. The quantitative estimate of drug-likeness (QED) is 0.643. The van der Waals surface area contributed by atoms with E-state index in [4.69, 9.17) is 5.73 Å². The number of nitrogens with zero attached hydrogens (tertiary/aromatic N) is 2. The smallest absolute Gasteiger partial charge is 0.234 e. The third kappa shape index (κ3) is 3.96. The maximum Gasteiger partial charge on any atom is 0.234 e. The number of piperazine rings is 1. The van der Waals surface area contributed by atoms with Gasteiger partial charge in [-0.15, -0.1) is 0 Å². The molecule has 2 fully saturated rings. The Balaban J connectivity index is 1.66. The van der Waals surface area contributed by atoms with E-state index in [1.807, 2.05) is 4.90 Å². The van der Waals surface area contributed by atoms with Crippen molar-refractivity contribution in [1.29, 1.82) is 0 Å². The number of amides is 2. The second-order valence-electron chi connectivity index (χ2n) is 5.04. The van der Waals surface area contributed by atoms with Crippen LogP contribution in [0.15, 0.2) is 0 Å². The fourth-order valence-electron chi connectivity index (χ4n) is 2.14. The van der Waals surface area contributed by atoms with Crippen LogP contribution in [0.3, 0.4) is 0 Å². The van der Waals surface area contributed by atoms with E-state index in [1.54, 1.807) is 0 Å². The van der Waals surface area contributed by atoms with Crippen LogP contribution in [0.1, 0.15) is 19.3 Å². The number of carbonyl (C=O) groups excluding carboxylic acids is 2. The Bertz CT molecular complexity index is 309. The number of nitrogens with two attached hydrogens (primary N) is 1. The van der Waals surface area contributed by atoms with Gasteiger partial charge in [-0.05, 0) is 12.8 Å². The van der Waals surface area contributed by atoms with Crippen molar-refractivity contribution in [3.63, 3.8) is 0 Å². The third-order valence-corrected chi connectivity index (χ3v) is 3.39. The van der Waals surface area contributed by atoms with E-state index in [9.17, 15) is 9.59 Å². The van der Waals surface area contributed by atoms with E-state index >= 15 is 0 Å². The highest BCUT2D eigenvalue weighted by Gasteiger charge is 2.26. The van der Waals surface area contributed by atoms with Gasteiger partial charge in [-0.3, -0.25) is 14.5 Å². The molecule has 1 saturated heterocycles. The lowest BCUT2D eigenvalue weighted by atomic mass is 10.2. The van der Waals surface area contributed by atoms with Crippen LogP contribution in [0.4, 0.5) is 0 Å². The Hall–Kier alpha value is -1.14. The molecule has 0 bridgehead atoms. The molecule has 18 heavy (non-hydrogen) atoms. The summed E-state index contributed by atoms with van der Waals surface area (Å²) in [7, 11) is 0. The average molecular weight is 254 g/mol. The molecular weight excluding hydrogens is 232 g/mol. The summed E-state index contributed by atoms with van der Waals surface area (Å²) >= 11 is 0. The first kappa shape index (κ1) is 13.3. The fourth-order valence-corrected chi connectivity index (χ4v) is 2.14. The van der Waals surface area contributed by atoms with E-state index < -0.39 is 0 Å². The largest absolute Gasteiger partial charge is 0.352 e. The van der Waals surface area contributed by atoms with Crippen LogP contribution in [0.5, 0.6) is 0 Å². The predicted octanol–water partition coefficient (Wildman–Crippen LogP) is -1.24. The normalized spacial score (nSPS) is 20.8. The molecule has 1 heterocycles. The van der Waals surface area contributed by atoms with Crippen molar-refractivity contribution in [2.45, 2.75) is 25.3 Å². The summed E-state index contributed by atoms with van der Waals surface area (Å²) in [5, 5.41) is 2.98. The fraction of sp³-hybridized carbons (Fsp3) is 0.833. The molecule has 0 unspecified atom stereocenters. The van der Waals surface area contributed by atoms with Crippen LogP contribution in [0.2, 0.25) is 0 Å². The molecule has 1 aliphatic carbocycles. The third-order valence-electron chi connectivity index (χ3n) is 3.39. The van der Waals surface area contributed by atoms with Crippen molar-refractivity contribution in [2.24, 2.45) is 5.73 Å². The first-order chi connectivity index (χ1) is 8.69. The molecule has 2 rings (SSSR count). The maximum atomic E-state index is 11.6. The SMILES string of the molecule is NCCC(=O)N1CCN(CC(=O)NC2CC2)CC1. The van der Waals surface area contributed by atoms with Crippen LogP contribution >= 0.6 is 0 Å². The molecule has 102 valence electrons. The van der Waals surface area contributed by atoms with Gasteiger partial charge in [0.1, 0.15) is 0 Å². The zero-order valence-corrected chi connectivity index (χ0v) is 10.7. The lowest BCUT2D eigenvalue weighted by Gasteiger charge is -2.34. The summed E-state index contributed by atoms with van der Waals surface area (Å²) in [4.78, 5) is 27.2. The number of hydrogen-bond acceptors (Lipinski definition) is 4. The summed E-state index contributed by atoms with van der Waals surface area (Å²) in [6, 6.07) is 0.421. The van der Waals surface area contributed by atoms with Crippen LogP contribution < -0.4 is 11.1 Å². The minimum absolute atomic E-state index is 0.110. The predicted molar refractivity (Wildman–Crippen MR) is 67.9 cm³/mol. The topological polar surface area (TPSA) is 78.7 Å². The van der Waals surface area contributed by atoms with Gasteiger partial charge in [0.25, 0.3) is 0 Å². The Morgan fingerprint density at radius 1 is 1.17 bits per heavy atom. The molecule has 6 heteroatoms. The highest BCUT2D eigenvalue weighted by Crippen LogP contribution is 2.18. The molecular formula is C12H22N4O2. The first-order valence-electron chi connectivity index (χ1n) is 6.68. The Labute approximate surface area is 107 Å². The van der Waals surface area contributed by atoms with Gasteiger partial charge in [0.15, 0.2) is 0 Å². The minimum Gasteiger partial charge on any atom is -0.352 e. The van der Waals surface area contributed by atoms with Gasteiger partial charge in [-0.25, -0.2) is 0 Å². The monoisotopic (exact) mass is 254 g/mol. The van der Waals surface area contributed by atoms with Gasteiger partial charge in [0.05, 0.1) is 6.54 Å². The summed E-state index contributed by atoms with van der Waals surface area (Å²) in [6.07, 6.45) is 2.66. The summed E-state index contributed by atoms with van der Waals surface area (Å²) in [5.74, 6) is 0.235. The van der Waals surface area contributed by atoms with Crippen LogP contribution in [-0.2, 0) is 9.59 Å². The summed E-state index contributed by atoms with van der Waals surface area (Å²) in [5.41, 5.74) is 5.37. The Kier molecular flexibility index (Phi) is 4.54. The molecule has 0 atom stereocenters. The molecule has 1 saturated carbocycles. The molecule has 3 N–H and O–H groups in total. The maximum absolute atomic E-state index is 11.6. The van der Waals surface area contributed by atoms with Crippen molar-refractivity contribution >= 4 is 11.8 Å². The number of nitrogens with one attached hydrogen (secondary N) is 1.